The number of hydrogen-bond donors (Lipinski definition) is 2. The molecule has 2 bridgehead atoms. The molecule has 0 aromatic heterocycles. The second kappa shape index (κ2) is 5.74. The molecular formula is C15H16ClF3N2O. The Morgan fingerprint density at radius 1 is 1.32 bits per heavy atom. The minimum Gasteiger partial charge on any atom is -0.318 e. The lowest BCUT2D eigenvalue weighted by Crippen LogP contribution is -2.44. The second-order valence-corrected chi connectivity index (χ2v) is 6.36. The molecule has 1 fully saturated rings. The molecule has 3 nitrogen and oxygen atoms in total. The molecule has 120 valence electrons. The van der Waals surface area contributed by atoms with E-state index in [9.17, 15) is 18.0 Å². The average molecular weight is 333 g/mol. The molecule has 1 aromatic carbocycles. The maximum absolute atomic E-state index is 12.5. The molecule has 0 saturated carbocycles. The molecule has 1 aliphatic carbocycles. The molecule has 1 amide bonds. The maximum Gasteiger partial charge on any atom is 0.471 e. The first-order valence-electron chi connectivity index (χ1n) is 7.23. The number of alkyl halides is 4. The van der Waals surface area contributed by atoms with E-state index in [1.54, 1.807) is 6.07 Å². The van der Waals surface area contributed by atoms with Gasteiger partial charge < -0.3 is 10.6 Å². The van der Waals surface area contributed by atoms with Crippen LogP contribution in [0, 0.1) is 5.92 Å². The van der Waals surface area contributed by atoms with Gasteiger partial charge in [0.1, 0.15) is 0 Å². The van der Waals surface area contributed by atoms with Crippen LogP contribution in [0.2, 0.25) is 0 Å². The van der Waals surface area contributed by atoms with Gasteiger partial charge in [-0.2, -0.15) is 13.2 Å². The summed E-state index contributed by atoms with van der Waals surface area (Å²) in [5, 5.41) is 5.09. The lowest BCUT2D eigenvalue weighted by atomic mass is 9.80. The van der Waals surface area contributed by atoms with Crippen molar-refractivity contribution in [1.29, 1.82) is 0 Å². The summed E-state index contributed by atoms with van der Waals surface area (Å²) < 4.78 is 37.5. The summed E-state index contributed by atoms with van der Waals surface area (Å²) in [6.07, 6.45) is -2.34. The first kappa shape index (κ1) is 15.6. The number of rotatable bonds is 1. The van der Waals surface area contributed by atoms with Crippen molar-refractivity contribution in [1.82, 2.24) is 5.32 Å². The Labute approximate surface area is 131 Å². The van der Waals surface area contributed by atoms with Crippen molar-refractivity contribution >= 4 is 23.2 Å². The van der Waals surface area contributed by atoms with E-state index in [4.69, 9.17) is 11.6 Å². The van der Waals surface area contributed by atoms with Crippen LogP contribution in [0.3, 0.4) is 0 Å². The zero-order valence-electron chi connectivity index (χ0n) is 11.7. The first-order valence-corrected chi connectivity index (χ1v) is 7.67. The average Bonchev–Trinajstić information content (AvgIpc) is 2.46. The second-order valence-electron chi connectivity index (χ2n) is 5.89. The fourth-order valence-corrected chi connectivity index (χ4v) is 3.69. The van der Waals surface area contributed by atoms with Gasteiger partial charge in [-0.1, -0.05) is 12.1 Å². The van der Waals surface area contributed by atoms with E-state index in [1.165, 1.54) is 6.07 Å². The molecule has 3 unspecified atom stereocenters. The van der Waals surface area contributed by atoms with Crippen molar-refractivity contribution in [2.45, 2.75) is 36.9 Å². The zero-order valence-corrected chi connectivity index (χ0v) is 12.5. The quantitative estimate of drug-likeness (QED) is 0.774. The van der Waals surface area contributed by atoms with Gasteiger partial charge in [0.05, 0.1) is 5.38 Å². The van der Waals surface area contributed by atoms with E-state index in [-0.39, 0.29) is 17.1 Å². The Kier molecular flexibility index (Phi) is 4.07. The fourth-order valence-electron chi connectivity index (χ4n) is 3.27. The highest BCUT2D eigenvalue weighted by molar-refractivity contribution is 6.21. The third-order valence-corrected chi connectivity index (χ3v) is 4.95. The number of hydrogen-bond acceptors (Lipinski definition) is 2. The van der Waals surface area contributed by atoms with Crippen molar-refractivity contribution in [3.8, 4) is 0 Å². The maximum atomic E-state index is 12.5. The van der Waals surface area contributed by atoms with Crippen LogP contribution in [0.1, 0.15) is 29.3 Å². The van der Waals surface area contributed by atoms with Gasteiger partial charge in [-0.15, -0.1) is 11.6 Å². The van der Waals surface area contributed by atoms with Crippen molar-refractivity contribution in [2.24, 2.45) is 5.92 Å². The normalized spacial score (nSPS) is 27.7. The van der Waals surface area contributed by atoms with Gasteiger partial charge in [-0.3, -0.25) is 4.79 Å². The van der Waals surface area contributed by atoms with Crippen molar-refractivity contribution in [2.75, 3.05) is 11.9 Å². The van der Waals surface area contributed by atoms with E-state index in [2.05, 4.69) is 5.32 Å². The third-order valence-electron chi connectivity index (χ3n) is 4.42. The molecule has 22 heavy (non-hydrogen) atoms. The van der Waals surface area contributed by atoms with E-state index < -0.39 is 12.1 Å². The molecule has 2 aliphatic heterocycles. The highest BCUT2D eigenvalue weighted by atomic mass is 35.5. The number of halogens is 4. The smallest absolute Gasteiger partial charge is 0.318 e. The van der Waals surface area contributed by atoms with Crippen molar-refractivity contribution < 1.29 is 18.0 Å². The lowest BCUT2D eigenvalue weighted by Gasteiger charge is -2.37. The van der Waals surface area contributed by atoms with Gasteiger partial charge in [0.25, 0.3) is 0 Å². The molecule has 1 saturated heterocycles. The number of piperidine rings is 1. The SMILES string of the molecule is O=C(Nc1cccc2c1CC1CCC(NC1)C2Cl)C(F)(F)F. The van der Waals surface area contributed by atoms with Crippen molar-refractivity contribution in [3.05, 3.63) is 29.3 Å². The summed E-state index contributed by atoms with van der Waals surface area (Å²) in [6.45, 7) is 0.800. The van der Waals surface area contributed by atoms with Gasteiger partial charge in [-0.05, 0) is 48.9 Å². The largest absolute Gasteiger partial charge is 0.471 e. The summed E-state index contributed by atoms with van der Waals surface area (Å²) in [6, 6.07) is 5.09. The number of nitrogens with one attached hydrogen (secondary N) is 2. The lowest BCUT2D eigenvalue weighted by molar-refractivity contribution is -0.167. The van der Waals surface area contributed by atoms with Crippen LogP contribution in [0.4, 0.5) is 18.9 Å². The predicted molar refractivity (Wildman–Crippen MR) is 77.9 cm³/mol. The highest BCUT2D eigenvalue weighted by Crippen LogP contribution is 2.40. The van der Waals surface area contributed by atoms with Crippen LogP contribution >= 0.6 is 11.6 Å². The minimum atomic E-state index is -4.90. The molecule has 2 N–H and O–H groups in total. The van der Waals surface area contributed by atoms with Crippen LogP contribution in [-0.4, -0.2) is 24.7 Å². The van der Waals surface area contributed by atoms with Crippen LogP contribution in [0.5, 0.6) is 0 Å². The molecule has 0 radical (unpaired) electrons. The molecule has 2 heterocycles. The number of carbonyl (C=O) groups excluding carboxylic acids is 1. The van der Waals surface area contributed by atoms with Gasteiger partial charge in [0, 0.05) is 11.7 Å². The fraction of sp³-hybridized carbons (Fsp3) is 0.533. The highest BCUT2D eigenvalue weighted by Gasteiger charge is 2.40. The van der Waals surface area contributed by atoms with Gasteiger partial charge in [0.2, 0.25) is 0 Å². The molecule has 7 heteroatoms. The van der Waals surface area contributed by atoms with E-state index in [1.807, 2.05) is 11.4 Å². The third kappa shape index (κ3) is 2.94. The molecule has 3 aliphatic rings. The number of amides is 1. The predicted octanol–water partition coefficient (Wildman–Crippen LogP) is 3.39. The zero-order chi connectivity index (χ0) is 15.9. The molecule has 3 atom stereocenters. The Bertz CT molecular complexity index is 583. The summed E-state index contributed by atoms with van der Waals surface area (Å²) in [5.41, 5.74) is 1.76. The van der Waals surface area contributed by atoms with Gasteiger partial charge in [-0.25, -0.2) is 0 Å². The number of fused-ring (bicyclic) bond motifs is 2. The number of carbonyl (C=O) groups is 1. The molecular weight excluding hydrogens is 317 g/mol. The summed E-state index contributed by atoms with van der Waals surface area (Å²) in [4.78, 5) is 11.2. The van der Waals surface area contributed by atoms with Crippen LogP contribution in [0.25, 0.3) is 0 Å². The molecule has 4 rings (SSSR count). The summed E-state index contributed by atoms with van der Waals surface area (Å²) in [7, 11) is 0. The molecule has 1 aromatic rings. The summed E-state index contributed by atoms with van der Waals surface area (Å²) in [5.74, 6) is -1.60. The van der Waals surface area contributed by atoms with Gasteiger partial charge >= 0.3 is 12.1 Å². The van der Waals surface area contributed by atoms with Crippen LogP contribution < -0.4 is 10.6 Å². The minimum absolute atomic E-state index is 0.116. The number of benzene rings is 1. The van der Waals surface area contributed by atoms with Gasteiger partial charge in [0.15, 0.2) is 0 Å². The topological polar surface area (TPSA) is 41.1 Å². The van der Waals surface area contributed by atoms with E-state index in [0.29, 0.717) is 12.3 Å². The Morgan fingerprint density at radius 2 is 2.09 bits per heavy atom. The van der Waals surface area contributed by atoms with E-state index >= 15 is 0 Å². The Hall–Kier alpha value is -1.27. The number of anilines is 1. The van der Waals surface area contributed by atoms with E-state index in [0.717, 1.165) is 30.5 Å². The monoisotopic (exact) mass is 332 g/mol. The summed E-state index contributed by atoms with van der Waals surface area (Å²) >= 11 is 6.52. The van der Waals surface area contributed by atoms with Crippen molar-refractivity contribution in [3.63, 3.8) is 0 Å². The van der Waals surface area contributed by atoms with Crippen LogP contribution in [0.15, 0.2) is 18.2 Å². The first-order chi connectivity index (χ1) is 10.4. The Morgan fingerprint density at radius 3 is 2.73 bits per heavy atom. The van der Waals surface area contributed by atoms with Crippen LogP contribution in [-0.2, 0) is 11.2 Å². The molecule has 0 spiro atoms. The standard InChI is InChI=1S/C15H16ClF3N2O/c16-13-9-2-1-3-11(21-14(22)15(17,18)19)10(9)6-8-4-5-12(13)20-7-8/h1-3,8,12-13,20H,4-7H2,(H,21,22). The Balaban J connectivity index is 1.97.